The molecule has 0 aliphatic carbocycles. The quantitative estimate of drug-likeness (QED) is 0.706. The van der Waals surface area contributed by atoms with E-state index in [1.807, 2.05) is 7.05 Å². The van der Waals surface area contributed by atoms with Crippen molar-refractivity contribution in [3.05, 3.63) is 12.3 Å². The molecule has 1 rings (SSSR count). The summed E-state index contributed by atoms with van der Waals surface area (Å²) >= 11 is 0. The number of carbonyl (C=O) groups excluding carboxylic acids is 1. The summed E-state index contributed by atoms with van der Waals surface area (Å²) in [5.74, 6) is 0.521. The molecule has 1 heterocycles. The Hall–Kier alpha value is -1.85. The van der Waals surface area contributed by atoms with E-state index in [4.69, 9.17) is 4.74 Å². The van der Waals surface area contributed by atoms with Crippen LogP contribution in [0.3, 0.4) is 0 Å². The standard InChI is InChI=1S/C11H17N3O3/c1-8(10(15)17-4)7-14(2)11-12-6-5-9(13-11)16-3/h5-6,8H,7H2,1-4H3. The SMILES string of the molecule is COC(=O)C(C)CN(C)c1nccc(OC)n1. The van der Waals surface area contributed by atoms with E-state index in [2.05, 4.69) is 14.7 Å². The lowest BCUT2D eigenvalue weighted by Crippen LogP contribution is -2.30. The van der Waals surface area contributed by atoms with Gasteiger partial charge in [0.15, 0.2) is 0 Å². The summed E-state index contributed by atoms with van der Waals surface area (Å²) in [4.78, 5) is 21.3. The summed E-state index contributed by atoms with van der Waals surface area (Å²) in [6.45, 7) is 2.28. The maximum absolute atomic E-state index is 11.3. The molecule has 0 saturated heterocycles. The van der Waals surface area contributed by atoms with E-state index in [0.717, 1.165) is 0 Å². The van der Waals surface area contributed by atoms with Crippen LogP contribution in [0.4, 0.5) is 5.95 Å². The van der Waals surface area contributed by atoms with Gasteiger partial charge >= 0.3 is 5.97 Å². The van der Waals surface area contributed by atoms with Crippen molar-refractivity contribution in [3.63, 3.8) is 0 Å². The maximum Gasteiger partial charge on any atom is 0.310 e. The van der Waals surface area contributed by atoms with Crippen molar-refractivity contribution >= 4 is 11.9 Å². The summed E-state index contributed by atoms with van der Waals surface area (Å²) in [6, 6.07) is 1.67. The van der Waals surface area contributed by atoms with Crippen LogP contribution >= 0.6 is 0 Å². The molecule has 0 spiro atoms. The van der Waals surface area contributed by atoms with Crippen molar-refractivity contribution in [2.24, 2.45) is 5.92 Å². The Kier molecular flexibility index (Phi) is 4.68. The van der Waals surface area contributed by atoms with E-state index in [1.165, 1.54) is 7.11 Å². The predicted molar refractivity (Wildman–Crippen MR) is 63.0 cm³/mol. The molecule has 0 bridgehead atoms. The molecule has 0 fully saturated rings. The molecule has 94 valence electrons. The van der Waals surface area contributed by atoms with Crippen molar-refractivity contribution in [1.82, 2.24) is 9.97 Å². The van der Waals surface area contributed by atoms with E-state index in [9.17, 15) is 4.79 Å². The number of hydrogen-bond donors (Lipinski definition) is 0. The minimum Gasteiger partial charge on any atom is -0.481 e. The lowest BCUT2D eigenvalue weighted by molar-refractivity contribution is -0.144. The fourth-order valence-electron chi connectivity index (χ4n) is 1.40. The van der Waals surface area contributed by atoms with E-state index >= 15 is 0 Å². The van der Waals surface area contributed by atoms with Crippen molar-refractivity contribution in [2.45, 2.75) is 6.92 Å². The van der Waals surface area contributed by atoms with Gasteiger partial charge < -0.3 is 14.4 Å². The zero-order chi connectivity index (χ0) is 12.8. The molecule has 6 heteroatoms. The Morgan fingerprint density at radius 2 is 2.24 bits per heavy atom. The van der Waals surface area contributed by atoms with E-state index in [-0.39, 0.29) is 11.9 Å². The Balaban J connectivity index is 2.68. The molecule has 1 unspecified atom stereocenters. The van der Waals surface area contributed by atoms with Crippen LogP contribution in [-0.4, -0.2) is 43.7 Å². The molecule has 0 amide bonds. The topological polar surface area (TPSA) is 64.5 Å². The predicted octanol–water partition coefficient (Wildman–Crippen LogP) is 0.730. The summed E-state index contributed by atoms with van der Waals surface area (Å²) in [6.07, 6.45) is 1.61. The van der Waals surface area contributed by atoms with Gasteiger partial charge in [-0.3, -0.25) is 4.79 Å². The third-order valence-electron chi connectivity index (χ3n) is 2.32. The summed E-state index contributed by atoms with van der Waals surface area (Å²) < 4.78 is 9.67. The number of anilines is 1. The Morgan fingerprint density at radius 1 is 1.53 bits per heavy atom. The van der Waals surface area contributed by atoms with Crippen molar-refractivity contribution < 1.29 is 14.3 Å². The van der Waals surface area contributed by atoms with Crippen molar-refractivity contribution in [1.29, 1.82) is 0 Å². The fourth-order valence-corrected chi connectivity index (χ4v) is 1.40. The maximum atomic E-state index is 11.3. The third kappa shape index (κ3) is 3.58. The fraction of sp³-hybridized carbons (Fsp3) is 0.545. The van der Waals surface area contributed by atoms with Gasteiger partial charge in [-0.05, 0) is 0 Å². The van der Waals surface area contributed by atoms with Gasteiger partial charge in [-0.1, -0.05) is 6.92 Å². The Morgan fingerprint density at radius 3 is 2.82 bits per heavy atom. The molecule has 0 N–H and O–H groups in total. The number of carbonyl (C=O) groups is 1. The minimum atomic E-state index is -0.250. The van der Waals surface area contributed by atoms with E-state index < -0.39 is 0 Å². The molecule has 1 aromatic heterocycles. The largest absolute Gasteiger partial charge is 0.481 e. The number of ether oxygens (including phenoxy) is 2. The highest BCUT2D eigenvalue weighted by Crippen LogP contribution is 2.12. The smallest absolute Gasteiger partial charge is 0.310 e. The molecule has 17 heavy (non-hydrogen) atoms. The van der Waals surface area contributed by atoms with Crippen LogP contribution in [0.1, 0.15) is 6.92 Å². The second-order valence-corrected chi connectivity index (χ2v) is 3.70. The first-order valence-electron chi connectivity index (χ1n) is 5.24. The van der Waals surface area contributed by atoms with Crippen LogP contribution in [0.15, 0.2) is 12.3 Å². The molecular formula is C11H17N3O3. The van der Waals surface area contributed by atoms with Gasteiger partial charge in [0.1, 0.15) is 0 Å². The van der Waals surface area contributed by atoms with Crippen LogP contribution in [0.2, 0.25) is 0 Å². The number of hydrogen-bond acceptors (Lipinski definition) is 6. The lowest BCUT2D eigenvalue weighted by Gasteiger charge is -2.20. The molecule has 1 atom stereocenters. The highest BCUT2D eigenvalue weighted by molar-refractivity contribution is 5.72. The number of esters is 1. The number of rotatable bonds is 5. The van der Waals surface area contributed by atoms with Crippen LogP contribution in [0, 0.1) is 5.92 Å². The highest BCUT2D eigenvalue weighted by atomic mass is 16.5. The molecule has 0 saturated carbocycles. The lowest BCUT2D eigenvalue weighted by atomic mass is 10.2. The first-order chi connectivity index (χ1) is 8.08. The van der Waals surface area contributed by atoms with Crippen molar-refractivity contribution in [2.75, 3.05) is 32.7 Å². The first-order valence-corrected chi connectivity index (χ1v) is 5.24. The summed E-state index contributed by atoms with van der Waals surface area (Å²) in [5, 5.41) is 0. The average Bonchev–Trinajstić information content (AvgIpc) is 2.37. The first kappa shape index (κ1) is 13.2. The minimum absolute atomic E-state index is 0.236. The van der Waals surface area contributed by atoms with Crippen LogP contribution < -0.4 is 9.64 Å². The van der Waals surface area contributed by atoms with Crippen LogP contribution in [0.5, 0.6) is 5.88 Å². The van der Waals surface area contributed by atoms with Crippen molar-refractivity contribution in [3.8, 4) is 5.88 Å². The monoisotopic (exact) mass is 239 g/mol. The summed E-state index contributed by atoms with van der Waals surface area (Å²) in [5.41, 5.74) is 0. The van der Waals surface area contributed by atoms with Gasteiger partial charge in [-0.15, -0.1) is 0 Å². The van der Waals surface area contributed by atoms with Gasteiger partial charge in [-0.2, -0.15) is 4.98 Å². The second-order valence-electron chi connectivity index (χ2n) is 3.70. The second kappa shape index (κ2) is 6.03. The zero-order valence-corrected chi connectivity index (χ0v) is 10.5. The normalized spacial score (nSPS) is 11.8. The third-order valence-corrected chi connectivity index (χ3v) is 2.32. The van der Waals surface area contributed by atoms with Gasteiger partial charge in [0.2, 0.25) is 11.8 Å². The van der Waals surface area contributed by atoms with E-state index in [1.54, 1.807) is 31.2 Å². The van der Waals surface area contributed by atoms with Crippen LogP contribution in [-0.2, 0) is 9.53 Å². The number of aromatic nitrogens is 2. The molecule has 0 aliphatic heterocycles. The average molecular weight is 239 g/mol. The zero-order valence-electron chi connectivity index (χ0n) is 10.5. The van der Waals surface area contributed by atoms with Gasteiger partial charge in [-0.25, -0.2) is 4.98 Å². The highest BCUT2D eigenvalue weighted by Gasteiger charge is 2.17. The number of methoxy groups -OCH3 is 2. The summed E-state index contributed by atoms with van der Waals surface area (Å²) in [7, 11) is 4.73. The molecule has 0 radical (unpaired) electrons. The Bertz CT molecular complexity index is 384. The van der Waals surface area contributed by atoms with Crippen LogP contribution in [0.25, 0.3) is 0 Å². The molecule has 6 nitrogen and oxygen atoms in total. The molecule has 0 aliphatic rings. The van der Waals surface area contributed by atoms with Gasteiger partial charge in [0.05, 0.1) is 20.1 Å². The van der Waals surface area contributed by atoms with Gasteiger partial charge in [0.25, 0.3) is 0 Å². The van der Waals surface area contributed by atoms with E-state index in [0.29, 0.717) is 18.4 Å². The van der Waals surface area contributed by atoms with Gasteiger partial charge in [0, 0.05) is 25.9 Å². The molecule has 1 aromatic rings. The Labute approximate surface area is 101 Å². The molecule has 0 aromatic carbocycles. The molecular weight excluding hydrogens is 222 g/mol. The number of nitrogens with zero attached hydrogens (tertiary/aromatic N) is 3.